The predicted octanol–water partition coefficient (Wildman–Crippen LogP) is 2.95. The zero-order valence-corrected chi connectivity index (χ0v) is 17.4. The Labute approximate surface area is 169 Å². The molecule has 146 valence electrons. The zero-order chi connectivity index (χ0) is 18.1. The van der Waals surface area contributed by atoms with Crippen molar-refractivity contribution in [3.8, 4) is 5.75 Å². The van der Waals surface area contributed by atoms with Gasteiger partial charge in [-0.15, -0.1) is 12.4 Å². The molecule has 7 heteroatoms. The molecule has 0 aliphatic carbocycles. The summed E-state index contributed by atoms with van der Waals surface area (Å²) in [6.45, 7) is 4.91. The second-order valence-electron chi connectivity index (χ2n) is 6.91. The van der Waals surface area contributed by atoms with Crippen LogP contribution in [0.25, 0.3) is 0 Å². The molecule has 0 radical (unpaired) electrons. The van der Waals surface area contributed by atoms with Gasteiger partial charge in [-0.1, -0.05) is 18.2 Å². The summed E-state index contributed by atoms with van der Waals surface area (Å²) >= 11 is 0. The molecule has 2 aliphatic heterocycles. The SMILES string of the molecule is COc1ccccc1N1CCN(Cc2ccc3c(c2)S(=O)CN3C)CC1.Cl. The van der Waals surface area contributed by atoms with Gasteiger partial charge in [0.15, 0.2) is 0 Å². The Morgan fingerprint density at radius 2 is 1.78 bits per heavy atom. The van der Waals surface area contributed by atoms with Crippen molar-refractivity contribution in [2.45, 2.75) is 11.4 Å². The maximum Gasteiger partial charge on any atom is 0.142 e. The number of benzene rings is 2. The van der Waals surface area contributed by atoms with Crippen molar-refractivity contribution < 1.29 is 8.95 Å². The summed E-state index contributed by atoms with van der Waals surface area (Å²) in [7, 11) is 2.83. The van der Waals surface area contributed by atoms with Crippen molar-refractivity contribution in [3.63, 3.8) is 0 Å². The molecule has 1 atom stereocenters. The van der Waals surface area contributed by atoms with Gasteiger partial charge in [-0.2, -0.15) is 0 Å². The highest BCUT2D eigenvalue weighted by molar-refractivity contribution is 7.85. The van der Waals surface area contributed by atoms with E-state index in [0.717, 1.165) is 49.1 Å². The van der Waals surface area contributed by atoms with Crippen LogP contribution in [-0.2, 0) is 17.3 Å². The van der Waals surface area contributed by atoms with Gasteiger partial charge in [0.2, 0.25) is 0 Å². The van der Waals surface area contributed by atoms with Crippen LogP contribution < -0.4 is 14.5 Å². The number of hydrogen-bond donors (Lipinski definition) is 0. The van der Waals surface area contributed by atoms with E-state index in [4.69, 9.17) is 4.74 Å². The maximum absolute atomic E-state index is 12.2. The average Bonchev–Trinajstić information content (AvgIpc) is 2.96. The Balaban J connectivity index is 0.00000210. The first-order chi connectivity index (χ1) is 12.7. The predicted molar refractivity (Wildman–Crippen MR) is 114 cm³/mol. The molecule has 0 amide bonds. The molecule has 5 nitrogen and oxygen atoms in total. The van der Waals surface area contributed by atoms with Crippen molar-refractivity contribution in [1.82, 2.24) is 4.90 Å². The molecule has 4 rings (SSSR count). The highest BCUT2D eigenvalue weighted by Gasteiger charge is 2.24. The monoisotopic (exact) mass is 407 g/mol. The number of piperazine rings is 1. The van der Waals surface area contributed by atoms with Gasteiger partial charge < -0.3 is 14.5 Å². The van der Waals surface area contributed by atoms with Crippen LogP contribution in [0.3, 0.4) is 0 Å². The Kier molecular flexibility index (Phi) is 6.29. The van der Waals surface area contributed by atoms with Crippen LogP contribution in [0.2, 0.25) is 0 Å². The molecule has 0 spiro atoms. The number of para-hydroxylation sites is 2. The quantitative estimate of drug-likeness (QED) is 0.778. The minimum absolute atomic E-state index is 0. The lowest BCUT2D eigenvalue weighted by Crippen LogP contribution is -2.46. The standard InChI is InChI=1S/C20H25N3O2S.ClH/c1-21-15-26(24)20-13-16(7-8-18(20)21)14-22-9-11-23(12-10-22)17-5-3-4-6-19(17)25-2;/h3-8,13H,9-12,14-15H2,1-2H3;1H. The summed E-state index contributed by atoms with van der Waals surface area (Å²) in [4.78, 5) is 7.91. The van der Waals surface area contributed by atoms with E-state index in [1.165, 1.54) is 11.3 Å². The van der Waals surface area contributed by atoms with E-state index in [-0.39, 0.29) is 12.4 Å². The molecule has 2 aromatic carbocycles. The topological polar surface area (TPSA) is 36.0 Å². The Morgan fingerprint density at radius 3 is 2.52 bits per heavy atom. The van der Waals surface area contributed by atoms with E-state index in [0.29, 0.717) is 5.88 Å². The first-order valence-corrected chi connectivity index (χ1v) is 10.3. The fourth-order valence-electron chi connectivity index (χ4n) is 3.77. The minimum atomic E-state index is -0.894. The van der Waals surface area contributed by atoms with Crippen molar-refractivity contribution in [2.24, 2.45) is 0 Å². The number of methoxy groups -OCH3 is 1. The zero-order valence-electron chi connectivity index (χ0n) is 15.8. The first kappa shape index (κ1) is 20.0. The first-order valence-electron chi connectivity index (χ1n) is 8.98. The second-order valence-corrected chi connectivity index (χ2v) is 8.30. The normalized spacial score (nSPS) is 19.6. The lowest BCUT2D eigenvalue weighted by Gasteiger charge is -2.36. The number of rotatable bonds is 4. The lowest BCUT2D eigenvalue weighted by atomic mass is 10.1. The van der Waals surface area contributed by atoms with E-state index in [1.807, 2.05) is 19.2 Å². The van der Waals surface area contributed by atoms with Crippen molar-refractivity contribution in [1.29, 1.82) is 0 Å². The molecule has 2 aliphatic rings. The Hall–Kier alpha value is -1.76. The minimum Gasteiger partial charge on any atom is -0.495 e. The van der Waals surface area contributed by atoms with Crippen LogP contribution in [0, 0.1) is 0 Å². The largest absolute Gasteiger partial charge is 0.495 e. The summed E-state index contributed by atoms with van der Waals surface area (Å²) < 4.78 is 17.7. The van der Waals surface area contributed by atoms with Crippen LogP contribution >= 0.6 is 12.4 Å². The molecule has 2 aromatic rings. The van der Waals surface area contributed by atoms with Gasteiger partial charge in [0.25, 0.3) is 0 Å². The molecule has 27 heavy (non-hydrogen) atoms. The van der Waals surface area contributed by atoms with Gasteiger partial charge >= 0.3 is 0 Å². The number of ether oxygens (including phenoxy) is 1. The smallest absolute Gasteiger partial charge is 0.142 e. The number of anilines is 2. The average molecular weight is 408 g/mol. The van der Waals surface area contributed by atoms with Gasteiger partial charge in [-0.3, -0.25) is 9.11 Å². The summed E-state index contributed by atoms with van der Waals surface area (Å²) in [5.74, 6) is 1.54. The van der Waals surface area contributed by atoms with Crippen LogP contribution in [0.1, 0.15) is 5.56 Å². The third-order valence-corrected chi connectivity index (χ3v) is 6.64. The summed E-state index contributed by atoms with van der Waals surface area (Å²) in [5.41, 5.74) is 3.52. The fraction of sp³-hybridized carbons (Fsp3) is 0.400. The molecule has 0 aromatic heterocycles. The third-order valence-electron chi connectivity index (χ3n) is 5.20. The summed E-state index contributed by atoms with van der Waals surface area (Å²) in [6.07, 6.45) is 0. The summed E-state index contributed by atoms with van der Waals surface area (Å²) in [6, 6.07) is 14.6. The molecular weight excluding hydrogens is 382 g/mol. The Bertz CT molecular complexity index is 825. The number of nitrogens with zero attached hydrogens (tertiary/aromatic N) is 3. The van der Waals surface area contributed by atoms with Crippen LogP contribution in [0.15, 0.2) is 47.4 Å². The van der Waals surface area contributed by atoms with Crippen molar-refractivity contribution in [3.05, 3.63) is 48.0 Å². The van der Waals surface area contributed by atoms with Gasteiger partial charge in [0.1, 0.15) is 5.75 Å². The van der Waals surface area contributed by atoms with Crippen molar-refractivity contribution >= 4 is 34.6 Å². The molecule has 1 saturated heterocycles. The second kappa shape index (κ2) is 8.50. The van der Waals surface area contributed by atoms with E-state index >= 15 is 0 Å². The molecule has 0 bridgehead atoms. The highest BCUT2D eigenvalue weighted by Crippen LogP contribution is 2.32. The number of hydrogen-bond acceptors (Lipinski definition) is 5. The lowest BCUT2D eigenvalue weighted by molar-refractivity contribution is 0.249. The Morgan fingerprint density at radius 1 is 1.04 bits per heavy atom. The van der Waals surface area contributed by atoms with Crippen LogP contribution in [0.4, 0.5) is 11.4 Å². The van der Waals surface area contributed by atoms with E-state index < -0.39 is 10.8 Å². The molecular formula is C20H26ClN3O2S. The number of halogens is 1. The van der Waals surface area contributed by atoms with Gasteiger partial charge in [-0.05, 0) is 29.8 Å². The van der Waals surface area contributed by atoms with Gasteiger partial charge in [-0.25, -0.2) is 0 Å². The highest BCUT2D eigenvalue weighted by atomic mass is 35.5. The van der Waals surface area contributed by atoms with Crippen LogP contribution in [-0.4, -0.2) is 55.3 Å². The van der Waals surface area contributed by atoms with E-state index in [2.05, 4.69) is 45.0 Å². The maximum atomic E-state index is 12.2. The van der Waals surface area contributed by atoms with Gasteiger partial charge in [0, 0.05) is 39.8 Å². The molecule has 0 saturated carbocycles. The van der Waals surface area contributed by atoms with Crippen molar-refractivity contribution in [2.75, 3.05) is 56.0 Å². The molecule has 1 fully saturated rings. The fourth-order valence-corrected chi connectivity index (χ4v) is 5.14. The summed E-state index contributed by atoms with van der Waals surface area (Å²) in [5, 5.41) is 0. The molecule has 2 heterocycles. The molecule has 0 N–H and O–H groups in total. The van der Waals surface area contributed by atoms with E-state index in [9.17, 15) is 4.21 Å². The van der Waals surface area contributed by atoms with E-state index in [1.54, 1.807) is 7.11 Å². The van der Waals surface area contributed by atoms with Gasteiger partial charge in [0.05, 0.1) is 40.1 Å². The number of fused-ring (bicyclic) bond motifs is 1. The van der Waals surface area contributed by atoms with Crippen LogP contribution in [0.5, 0.6) is 5.75 Å². The third kappa shape index (κ3) is 4.08. The molecule has 1 unspecified atom stereocenters.